The second-order valence-electron chi connectivity index (χ2n) is 7.03. The highest BCUT2D eigenvalue weighted by atomic mass is 32.2. The first-order valence-electron chi connectivity index (χ1n) is 8.95. The molecule has 6 nitrogen and oxygen atoms in total. The van der Waals surface area contributed by atoms with Crippen molar-refractivity contribution in [1.29, 1.82) is 0 Å². The molecule has 26 heavy (non-hydrogen) atoms. The zero-order valence-corrected chi connectivity index (χ0v) is 15.6. The van der Waals surface area contributed by atoms with Crippen LogP contribution >= 0.6 is 11.8 Å². The number of thioether (sulfide) groups is 1. The molecule has 2 fully saturated rings. The normalized spacial score (nSPS) is 25.7. The molecule has 0 aromatic heterocycles. The van der Waals surface area contributed by atoms with Crippen LogP contribution in [0.4, 0.5) is 5.69 Å². The van der Waals surface area contributed by atoms with Crippen LogP contribution in [0.15, 0.2) is 24.3 Å². The maximum Gasteiger partial charge on any atom is 0.306 e. The van der Waals surface area contributed by atoms with Crippen LogP contribution in [0.3, 0.4) is 0 Å². The predicted molar refractivity (Wildman–Crippen MR) is 101 cm³/mol. The van der Waals surface area contributed by atoms with E-state index in [0.717, 1.165) is 17.7 Å². The zero-order valence-electron chi connectivity index (χ0n) is 14.8. The number of carboxylic acid groups (broad SMARTS) is 1. The van der Waals surface area contributed by atoms with Gasteiger partial charge in [-0.15, -0.1) is 11.8 Å². The van der Waals surface area contributed by atoms with Gasteiger partial charge in [0.2, 0.25) is 11.8 Å². The maximum atomic E-state index is 12.9. The van der Waals surface area contributed by atoms with E-state index in [1.165, 1.54) is 0 Å². The average Bonchev–Trinajstić information content (AvgIpc) is 3.13. The Morgan fingerprint density at radius 2 is 1.92 bits per heavy atom. The zero-order chi connectivity index (χ0) is 18.7. The molecule has 3 rings (SSSR count). The molecule has 2 amide bonds. The van der Waals surface area contributed by atoms with E-state index in [1.807, 2.05) is 31.2 Å². The number of carbonyl (C=O) groups excluding carboxylic acids is 2. The molecular formula is C19H24N2O4S. The molecule has 0 radical (unpaired) electrons. The fraction of sp³-hybridized carbons (Fsp3) is 0.526. The number of aliphatic carboxylic acids is 1. The summed E-state index contributed by atoms with van der Waals surface area (Å²) in [5, 5.41) is 12.2. The van der Waals surface area contributed by atoms with Gasteiger partial charge in [-0.05, 0) is 37.8 Å². The van der Waals surface area contributed by atoms with Crippen LogP contribution in [-0.2, 0) is 14.4 Å². The first-order valence-corrected chi connectivity index (χ1v) is 10.1. The minimum Gasteiger partial charge on any atom is -0.481 e. The van der Waals surface area contributed by atoms with Crippen molar-refractivity contribution in [1.82, 2.24) is 4.90 Å². The average molecular weight is 376 g/mol. The van der Waals surface area contributed by atoms with Gasteiger partial charge in [0.15, 0.2) is 0 Å². The lowest BCUT2D eigenvalue weighted by atomic mass is 9.80. The van der Waals surface area contributed by atoms with Gasteiger partial charge in [0.05, 0.1) is 11.8 Å². The molecule has 1 saturated heterocycles. The third kappa shape index (κ3) is 4.03. The lowest BCUT2D eigenvalue weighted by molar-refractivity contribution is -0.146. The third-order valence-corrected chi connectivity index (χ3v) is 6.26. The number of nitrogens with zero attached hydrogens (tertiary/aromatic N) is 1. The number of aryl methyl sites for hydroxylation is 1. The molecule has 1 saturated carbocycles. The number of hydrogen-bond acceptors (Lipinski definition) is 4. The van der Waals surface area contributed by atoms with Gasteiger partial charge in [0.1, 0.15) is 6.04 Å². The number of rotatable bonds is 4. The summed E-state index contributed by atoms with van der Waals surface area (Å²) in [4.78, 5) is 38.6. The Morgan fingerprint density at radius 1 is 1.19 bits per heavy atom. The van der Waals surface area contributed by atoms with Crippen LogP contribution in [0, 0.1) is 18.8 Å². The molecule has 3 unspecified atom stereocenters. The Morgan fingerprint density at radius 3 is 2.65 bits per heavy atom. The van der Waals surface area contributed by atoms with Gasteiger partial charge < -0.3 is 15.3 Å². The van der Waals surface area contributed by atoms with Crippen molar-refractivity contribution < 1.29 is 19.5 Å². The Balaban J connectivity index is 1.67. The lowest BCUT2D eigenvalue weighted by Crippen LogP contribution is -2.47. The van der Waals surface area contributed by atoms with Crippen LogP contribution in [0.1, 0.15) is 31.2 Å². The number of amides is 2. The summed E-state index contributed by atoms with van der Waals surface area (Å²) >= 11 is 1.56. The van der Waals surface area contributed by atoms with Crippen molar-refractivity contribution in [3.63, 3.8) is 0 Å². The number of carbonyl (C=O) groups is 3. The summed E-state index contributed by atoms with van der Waals surface area (Å²) in [6.45, 7) is 1.93. The predicted octanol–water partition coefficient (Wildman–Crippen LogP) is 2.73. The largest absolute Gasteiger partial charge is 0.481 e. The fourth-order valence-corrected chi connectivity index (χ4v) is 4.84. The van der Waals surface area contributed by atoms with Crippen LogP contribution in [-0.4, -0.2) is 45.5 Å². The number of nitrogens with one attached hydrogen (secondary N) is 1. The van der Waals surface area contributed by atoms with Crippen molar-refractivity contribution in [2.24, 2.45) is 11.8 Å². The number of anilines is 1. The monoisotopic (exact) mass is 376 g/mol. The standard InChI is InChI=1S/C19H24N2O4S/c1-12-5-2-3-8-15(12)20-17(22)16-10-26-11-21(16)18(23)13-6-4-7-14(9-13)19(24)25/h2-3,5,8,13-14,16H,4,6-7,9-11H2,1H3,(H,20,22)(H,24,25). The minimum absolute atomic E-state index is 0.0779. The first kappa shape index (κ1) is 18.8. The van der Waals surface area contributed by atoms with E-state index >= 15 is 0 Å². The summed E-state index contributed by atoms with van der Waals surface area (Å²) in [5.41, 5.74) is 1.73. The SMILES string of the molecule is Cc1ccccc1NC(=O)C1CSCN1C(=O)C1CCCC(C(=O)O)C1. The molecule has 2 N–H and O–H groups in total. The van der Waals surface area contributed by atoms with Crippen LogP contribution < -0.4 is 5.32 Å². The second kappa shape index (κ2) is 8.12. The molecule has 1 heterocycles. The molecule has 2 aliphatic rings. The first-order chi connectivity index (χ1) is 12.5. The van der Waals surface area contributed by atoms with Crippen molar-refractivity contribution in [2.45, 2.75) is 38.6 Å². The van der Waals surface area contributed by atoms with Gasteiger partial charge in [0.25, 0.3) is 0 Å². The van der Waals surface area contributed by atoms with Crippen LogP contribution in [0.5, 0.6) is 0 Å². The van der Waals surface area contributed by atoms with Gasteiger partial charge >= 0.3 is 5.97 Å². The number of carboxylic acids is 1. The fourth-order valence-electron chi connectivity index (χ4n) is 3.68. The van der Waals surface area contributed by atoms with E-state index in [1.54, 1.807) is 16.7 Å². The number of para-hydroxylation sites is 1. The van der Waals surface area contributed by atoms with E-state index in [9.17, 15) is 19.5 Å². The highest BCUT2D eigenvalue weighted by Crippen LogP contribution is 2.33. The summed E-state index contributed by atoms with van der Waals surface area (Å²) < 4.78 is 0. The molecule has 7 heteroatoms. The molecular weight excluding hydrogens is 352 g/mol. The molecule has 1 aromatic rings. The second-order valence-corrected chi connectivity index (χ2v) is 8.03. The van der Waals surface area contributed by atoms with Crippen molar-refractivity contribution in [3.05, 3.63) is 29.8 Å². The minimum atomic E-state index is -0.827. The summed E-state index contributed by atoms with van der Waals surface area (Å²) in [7, 11) is 0. The van der Waals surface area contributed by atoms with Crippen molar-refractivity contribution in [3.8, 4) is 0 Å². The van der Waals surface area contributed by atoms with E-state index in [2.05, 4.69) is 5.32 Å². The Hall–Kier alpha value is -2.02. The van der Waals surface area contributed by atoms with Gasteiger partial charge in [-0.1, -0.05) is 24.6 Å². The van der Waals surface area contributed by atoms with Gasteiger partial charge in [-0.2, -0.15) is 0 Å². The molecule has 0 bridgehead atoms. The Bertz CT molecular complexity index is 709. The van der Waals surface area contributed by atoms with E-state index in [-0.39, 0.29) is 17.7 Å². The molecule has 1 aliphatic heterocycles. The highest BCUT2D eigenvalue weighted by molar-refractivity contribution is 7.99. The smallest absolute Gasteiger partial charge is 0.306 e. The summed E-state index contributed by atoms with van der Waals surface area (Å²) in [6, 6.07) is 7.05. The van der Waals surface area contributed by atoms with E-state index < -0.39 is 17.9 Å². The Kier molecular flexibility index (Phi) is 5.86. The number of benzene rings is 1. The quantitative estimate of drug-likeness (QED) is 0.844. The molecule has 1 aliphatic carbocycles. The maximum absolute atomic E-state index is 12.9. The van der Waals surface area contributed by atoms with Gasteiger partial charge in [0, 0.05) is 17.4 Å². The number of hydrogen-bond donors (Lipinski definition) is 2. The lowest BCUT2D eigenvalue weighted by Gasteiger charge is -2.31. The molecule has 0 spiro atoms. The molecule has 3 atom stereocenters. The van der Waals surface area contributed by atoms with Crippen LogP contribution in [0.25, 0.3) is 0 Å². The molecule has 140 valence electrons. The van der Waals surface area contributed by atoms with E-state index in [4.69, 9.17) is 0 Å². The summed E-state index contributed by atoms with van der Waals surface area (Å²) in [5.74, 6) is -0.775. The Labute approximate surface area is 157 Å². The van der Waals surface area contributed by atoms with E-state index in [0.29, 0.717) is 30.9 Å². The highest BCUT2D eigenvalue weighted by Gasteiger charge is 2.40. The van der Waals surface area contributed by atoms with Crippen LogP contribution in [0.2, 0.25) is 0 Å². The topological polar surface area (TPSA) is 86.7 Å². The van der Waals surface area contributed by atoms with Crippen molar-refractivity contribution >= 4 is 35.2 Å². The summed E-state index contributed by atoms with van der Waals surface area (Å²) in [6.07, 6.45) is 2.46. The van der Waals surface area contributed by atoms with Gasteiger partial charge in [-0.25, -0.2) is 0 Å². The third-order valence-electron chi connectivity index (χ3n) is 5.24. The van der Waals surface area contributed by atoms with Crippen molar-refractivity contribution in [2.75, 3.05) is 16.9 Å². The molecule has 1 aromatic carbocycles. The van der Waals surface area contributed by atoms with Gasteiger partial charge in [-0.3, -0.25) is 14.4 Å².